The van der Waals surface area contributed by atoms with Crippen molar-refractivity contribution in [3.05, 3.63) is 60.1 Å². The van der Waals surface area contributed by atoms with Crippen LogP contribution < -0.4 is 10.2 Å². The van der Waals surface area contributed by atoms with Crippen LogP contribution >= 0.6 is 0 Å². The summed E-state index contributed by atoms with van der Waals surface area (Å²) in [4.78, 5) is 12.0. The van der Waals surface area contributed by atoms with Gasteiger partial charge in [-0.05, 0) is 43.3 Å². The normalized spacial score (nSPS) is 11.6. The van der Waals surface area contributed by atoms with E-state index in [1.807, 2.05) is 6.07 Å². The number of para-hydroxylation sites is 1. The van der Waals surface area contributed by atoms with Gasteiger partial charge in [0.15, 0.2) is 0 Å². The second-order valence-electron chi connectivity index (χ2n) is 4.24. The van der Waals surface area contributed by atoms with Crippen LogP contribution in [0.25, 0.3) is 6.08 Å². The molecule has 0 aliphatic rings. The van der Waals surface area contributed by atoms with Crippen molar-refractivity contribution >= 4 is 17.7 Å². The maximum absolute atomic E-state index is 12.0. The number of hydrogen-bond donors (Lipinski definition) is 1. The standard InChI is InChI=1S/C16H16N2O3/c1-12(9-10-13-6-5-11-21-13)17-18-16(19)14-7-3-4-8-15(14)20-2/h3-11H,1-2H3,(H,18,19). The molecule has 1 amide bonds. The van der Waals surface area contributed by atoms with Crippen molar-refractivity contribution in [1.29, 1.82) is 0 Å². The lowest BCUT2D eigenvalue weighted by atomic mass is 10.2. The number of nitrogens with one attached hydrogen (secondary N) is 1. The van der Waals surface area contributed by atoms with Crippen LogP contribution in [0.5, 0.6) is 5.75 Å². The Balaban J connectivity index is 2.01. The molecule has 5 heteroatoms. The largest absolute Gasteiger partial charge is 0.496 e. The van der Waals surface area contributed by atoms with Gasteiger partial charge >= 0.3 is 0 Å². The van der Waals surface area contributed by atoms with Gasteiger partial charge in [0.2, 0.25) is 0 Å². The lowest BCUT2D eigenvalue weighted by molar-refractivity contribution is 0.0952. The van der Waals surface area contributed by atoms with Gasteiger partial charge in [0.25, 0.3) is 5.91 Å². The molecule has 0 saturated carbocycles. The fraction of sp³-hybridized carbons (Fsp3) is 0.125. The minimum atomic E-state index is -0.321. The third-order valence-electron chi connectivity index (χ3n) is 2.72. The summed E-state index contributed by atoms with van der Waals surface area (Å²) in [5.74, 6) is 0.910. The van der Waals surface area contributed by atoms with Crippen LogP contribution in [0.15, 0.2) is 58.3 Å². The van der Waals surface area contributed by atoms with Gasteiger partial charge in [-0.15, -0.1) is 0 Å². The molecule has 0 fully saturated rings. The number of amides is 1. The fourth-order valence-corrected chi connectivity index (χ4v) is 1.66. The molecule has 1 aromatic heterocycles. The minimum Gasteiger partial charge on any atom is -0.496 e. The summed E-state index contributed by atoms with van der Waals surface area (Å²) in [6.45, 7) is 1.78. The number of methoxy groups -OCH3 is 1. The van der Waals surface area contributed by atoms with Crippen molar-refractivity contribution in [2.24, 2.45) is 5.10 Å². The quantitative estimate of drug-likeness (QED) is 0.677. The van der Waals surface area contributed by atoms with Gasteiger partial charge in [-0.1, -0.05) is 12.1 Å². The van der Waals surface area contributed by atoms with E-state index >= 15 is 0 Å². The summed E-state index contributed by atoms with van der Waals surface area (Å²) < 4.78 is 10.3. The monoisotopic (exact) mass is 284 g/mol. The zero-order valence-electron chi connectivity index (χ0n) is 11.9. The average Bonchev–Trinajstić information content (AvgIpc) is 3.04. The van der Waals surface area contributed by atoms with Crippen molar-refractivity contribution in [2.75, 3.05) is 7.11 Å². The van der Waals surface area contributed by atoms with E-state index in [2.05, 4.69) is 10.5 Å². The van der Waals surface area contributed by atoms with Crippen molar-refractivity contribution in [2.45, 2.75) is 6.92 Å². The Morgan fingerprint density at radius 2 is 2.10 bits per heavy atom. The number of benzene rings is 1. The van der Waals surface area contributed by atoms with Crippen LogP contribution in [0.2, 0.25) is 0 Å². The van der Waals surface area contributed by atoms with E-state index in [0.29, 0.717) is 17.0 Å². The molecule has 0 unspecified atom stereocenters. The van der Waals surface area contributed by atoms with Gasteiger partial charge in [-0.25, -0.2) is 5.43 Å². The van der Waals surface area contributed by atoms with Gasteiger partial charge in [-0.2, -0.15) is 5.10 Å². The predicted molar refractivity (Wildman–Crippen MR) is 81.3 cm³/mol. The molecule has 0 spiro atoms. The molecule has 0 atom stereocenters. The number of carbonyl (C=O) groups excluding carboxylic acids is 1. The van der Waals surface area contributed by atoms with Gasteiger partial charge in [0.05, 0.1) is 24.6 Å². The number of carbonyl (C=O) groups is 1. The highest BCUT2D eigenvalue weighted by atomic mass is 16.5. The predicted octanol–water partition coefficient (Wildman–Crippen LogP) is 3.11. The first-order valence-electron chi connectivity index (χ1n) is 6.40. The number of allylic oxidation sites excluding steroid dienone is 1. The first kappa shape index (κ1) is 14.6. The Morgan fingerprint density at radius 1 is 1.29 bits per heavy atom. The van der Waals surface area contributed by atoms with Crippen molar-refractivity contribution in [3.63, 3.8) is 0 Å². The first-order chi connectivity index (χ1) is 10.2. The molecule has 1 heterocycles. The van der Waals surface area contributed by atoms with E-state index in [1.54, 1.807) is 55.7 Å². The molecule has 1 N–H and O–H groups in total. The zero-order chi connectivity index (χ0) is 15.1. The molecule has 0 saturated heterocycles. The maximum Gasteiger partial charge on any atom is 0.275 e. The van der Waals surface area contributed by atoms with Gasteiger partial charge in [-0.3, -0.25) is 4.79 Å². The molecule has 1 aromatic carbocycles. The van der Waals surface area contributed by atoms with E-state index in [9.17, 15) is 4.79 Å². The van der Waals surface area contributed by atoms with Crippen LogP contribution in [0.3, 0.4) is 0 Å². The average molecular weight is 284 g/mol. The Hall–Kier alpha value is -2.82. The smallest absolute Gasteiger partial charge is 0.275 e. The molecular weight excluding hydrogens is 268 g/mol. The molecule has 0 aliphatic heterocycles. The maximum atomic E-state index is 12.0. The van der Waals surface area contributed by atoms with Crippen molar-refractivity contribution < 1.29 is 13.9 Å². The second-order valence-corrected chi connectivity index (χ2v) is 4.24. The Kier molecular flexibility index (Phi) is 4.93. The van der Waals surface area contributed by atoms with Crippen molar-refractivity contribution in [1.82, 2.24) is 5.43 Å². The number of ether oxygens (including phenoxy) is 1. The number of rotatable bonds is 5. The minimum absolute atomic E-state index is 0.321. The number of nitrogens with zero attached hydrogens (tertiary/aromatic N) is 1. The first-order valence-corrected chi connectivity index (χ1v) is 6.40. The number of hydrazone groups is 1. The Morgan fingerprint density at radius 3 is 2.81 bits per heavy atom. The Labute approximate surface area is 122 Å². The van der Waals surface area contributed by atoms with Crippen molar-refractivity contribution in [3.8, 4) is 5.75 Å². The summed E-state index contributed by atoms with van der Waals surface area (Å²) in [5.41, 5.74) is 3.58. The number of furan rings is 1. The lowest BCUT2D eigenvalue weighted by Gasteiger charge is -2.06. The van der Waals surface area contributed by atoms with Crippen LogP contribution in [0.4, 0.5) is 0 Å². The molecule has 0 radical (unpaired) electrons. The fourth-order valence-electron chi connectivity index (χ4n) is 1.66. The summed E-state index contributed by atoms with van der Waals surface area (Å²) in [5, 5.41) is 4.01. The van der Waals surface area contributed by atoms with Crippen LogP contribution in [-0.4, -0.2) is 18.7 Å². The van der Waals surface area contributed by atoms with E-state index in [0.717, 1.165) is 5.76 Å². The summed E-state index contributed by atoms with van der Waals surface area (Å²) in [6, 6.07) is 10.6. The SMILES string of the molecule is COc1ccccc1C(=O)NN=C(C)C=Cc1ccco1. The third kappa shape index (κ3) is 4.07. The highest BCUT2D eigenvalue weighted by molar-refractivity contribution is 6.00. The molecule has 5 nitrogen and oxygen atoms in total. The third-order valence-corrected chi connectivity index (χ3v) is 2.72. The van der Waals surface area contributed by atoms with Crippen LogP contribution in [-0.2, 0) is 0 Å². The molecular formula is C16H16N2O3. The second kappa shape index (κ2) is 7.09. The van der Waals surface area contributed by atoms with Crippen LogP contribution in [0.1, 0.15) is 23.0 Å². The molecule has 108 valence electrons. The lowest BCUT2D eigenvalue weighted by Crippen LogP contribution is -2.19. The molecule has 21 heavy (non-hydrogen) atoms. The van der Waals surface area contributed by atoms with E-state index in [-0.39, 0.29) is 5.91 Å². The molecule has 0 bridgehead atoms. The molecule has 2 rings (SSSR count). The van der Waals surface area contributed by atoms with Gasteiger partial charge in [0.1, 0.15) is 11.5 Å². The van der Waals surface area contributed by atoms with Gasteiger partial charge in [0, 0.05) is 0 Å². The molecule has 0 aliphatic carbocycles. The summed E-state index contributed by atoms with van der Waals surface area (Å²) in [6.07, 6.45) is 5.12. The van der Waals surface area contributed by atoms with E-state index < -0.39 is 0 Å². The topological polar surface area (TPSA) is 63.8 Å². The zero-order valence-corrected chi connectivity index (χ0v) is 11.9. The van der Waals surface area contributed by atoms with E-state index in [1.165, 1.54) is 7.11 Å². The van der Waals surface area contributed by atoms with Gasteiger partial charge < -0.3 is 9.15 Å². The van der Waals surface area contributed by atoms with E-state index in [4.69, 9.17) is 9.15 Å². The number of hydrogen-bond acceptors (Lipinski definition) is 4. The summed E-state index contributed by atoms with van der Waals surface area (Å²) in [7, 11) is 1.52. The van der Waals surface area contributed by atoms with Crippen LogP contribution in [0, 0.1) is 0 Å². The highest BCUT2D eigenvalue weighted by Gasteiger charge is 2.10. The Bertz CT molecular complexity index is 658. The molecule has 2 aromatic rings. The highest BCUT2D eigenvalue weighted by Crippen LogP contribution is 2.16. The summed E-state index contributed by atoms with van der Waals surface area (Å²) >= 11 is 0.